The van der Waals surface area contributed by atoms with Crippen LogP contribution in [0, 0.1) is 12.1 Å². The number of amides is 3. The Morgan fingerprint density at radius 1 is 0.973 bits per heavy atom. The average molecular weight is 1050 g/mol. The molecule has 2 aromatic heterocycles. The van der Waals surface area contributed by atoms with E-state index in [1.807, 2.05) is 12.1 Å². The molecule has 0 aliphatic carbocycles. The van der Waals surface area contributed by atoms with Gasteiger partial charge in [-0.05, 0) is 76.9 Å². The van der Waals surface area contributed by atoms with E-state index < -0.39 is 52.3 Å². The summed E-state index contributed by atoms with van der Waals surface area (Å²) in [5, 5.41) is 21.9. The number of pyridine rings is 1. The van der Waals surface area contributed by atoms with Gasteiger partial charge in [-0.2, -0.15) is 4.73 Å². The first-order valence-electron chi connectivity index (χ1n) is 24.0. The van der Waals surface area contributed by atoms with Gasteiger partial charge in [0.15, 0.2) is 11.5 Å². The van der Waals surface area contributed by atoms with Crippen LogP contribution in [0.5, 0.6) is 23.0 Å². The highest BCUT2D eigenvalue weighted by atomic mass is 32.2. The molecular formula is C51H59BN7O13S2+. The smallest absolute Gasteiger partial charge is 0.374 e. The van der Waals surface area contributed by atoms with Gasteiger partial charge in [0.25, 0.3) is 17.5 Å². The van der Waals surface area contributed by atoms with Crippen LogP contribution < -0.4 is 28.9 Å². The first-order chi connectivity index (χ1) is 35.2. The SMILES string of the molecule is [B]Oc1cc(C(=O)N2CC[N+]3(CC4=C(C(=O)OCc5ccc(OC)cc5)N5C(=O)[C@@H](NC(=O)/C(=N\OC(C)(C)C(=O)OC(C)(C)C)c6csc(C)n6)[C@H]5SC4)CCC[C@H]3C2)[n+]([O-])cc1OCc1ccc(OC)cc1. The van der Waals surface area contributed by atoms with E-state index in [4.69, 9.17) is 41.2 Å². The number of esters is 2. The van der Waals surface area contributed by atoms with E-state index in [-0.39, 0.29) is 53.6 Å². The van der Waals surface area contributed by atoms with Gasteiger partial charge in [0.2, 0.25) is 17.5 Å². The zero-order valence-corrected chi connectivity index (χ0v) is 44.2. The predicted octanol–water partition coefficient (Wildman–Crippen LogP) is 4.52. The number of hydrogen-bond donors (Lipinski definition) is 1. The third-order valence-corrected chi connectivity index (χ3v) is 15.3. The molecule has 0 saturated carbocycles. The van der Waals surface area contributed by atoms with Crippen molar-refractivity contribution in [1.82, 2.24) is 20.1 Å². The molecule has 2 aromatic carbocycles. The number of methoxy groups -OCH3 is 2. The molecule has 1 unspecified atom stereocenters. The van der Waals surface area contributed by atoms with Crippen LogP contribution in [-0.4, -0.2) is 144 Å². The van der Waals surface area contributed by atoms with E-state index in [0.717, 1.165) is 31.1 Å². The number of fused-ring (bicyclic) bond motifs is 2. The number of thioether (sulfide) groups is 1. The van der Waals surface area contributed by atoms with Crippen LogP contribution >= 0.6 is 23.1 Å². The number of piperazine rings is 1. The molecule has 23 heteroatoms. The number of carbonyl (C=O) groups is 5. The minimum absolute atomic E-state index is 0.0160. The van der Waals surface area contributed by atoms with Gasteiger partial charge in [-0.25, -0.2) is 14.6 Å². The van der Waals surface area contributed by atoms with E-state index >= 15 is 0 Å². The summed E-state index contributed by atoms with van der Waals surface area (Å²) in [7, 11) is 8.74. The van der Waals surface area contributed by atoms with E-state index in [1.54, 1.807) is 88.6 Å². The van der Waals surface area contributed by atoms with Gasteiger partial charge in [-0.1, -0.05) is 29.4 Å². The molecule has 4 aliphatic heterocycles. The van der Waals surface area contributed by atoms with Gasteiger partial charge < -0.3 is 53.1 Å². The molecule has 4 aromatic rings. The second kappa shape index (κ2) is 21.9. The lowest BCUT2D eigenvalue weighted by Crippen LogP contribution is -2.71. The Kier molecular flexibility index (Phi) is 15.8. The van der Waals surface area contributed by atoms with Gasteiger partial charge in [0.05, 0.1) is 51.5 Å². The number of hydrogen-bond acceptors (Lipinski definition) is 17. The third-order valence-electron chi connectivity index (χ3n) is 13.2. The van der Waals surface area contributed by atoms with Gasteiger partial charge >= 0.3 is 25.9 Å². The van der Waals surface area contributed by atoms with Crippen LogP contribution in [0.15, 0.2) is 82.6 Å². The lowest BCUT2D eigenvalue weighted by Gasteiger charge is -2.51. The number of ether oxygens (including phenoxy) is 5. The minimum Gasteiger partial charge on any atom is -0.618 e. The van der Waals surface area contributed by atoms with Crippen LogP contribution in [0.25, 0.3) is 0 Å². The molecule has 0 spiro atoms. The summed E-state index contributed by atoms with van der Waals surface area (Å²) in [4.78, 5) is 83.3. The Hall–Kier alpha value is -6.85. The molecule has 8 rings (SSSR count). The molecular weight excluding hydrogens is 994 g/mol. The van der Waals surface area contributed by atoms with Crippen molar-refractivity contribution >= 4 is 66.5 Å². The van der Waals surface area contributed by atoms with Crippen LogP contribution in [0.1, 0.15) is 79.8 Å². The lowest BCUT2D eigenvalue weighted by molar-refractivity contribution is -0.938. The zero-order chi connectivity index (χ0) is 53.1. The molecule has 6 heterocycles. The normalized spacial score (nSPS) is 20.7. The number of oxime groups is 1. The monoisotopic (exact) mass is 1050 g/mol. The number of quaternary nitrogens is 1. The molecule has 0 bridgehead atoms. The summed E-state index contributed by atoms with van der Waals surface area (Å²) in [5.41, 5.74) is -0.367. The number of aromatic nitrogens is 2. The fourth-order valence-corrected chi connectivity index (χ4v) is 11.2. The van der Waals surface area contributed by atoms with Crippen LogP contribution in [0.2, 0.25) is 0 Å². The molecule has 20 nitrogen and oxygen atoms in total. The van der Waals surface area contributed by atoms with E-state index in [1.165, 1.54) is 47.9 Å². The highest BCUT2D eigenvalue weighted by Crippen LogP contribution is 2.43. The summed E-state index contributed by atoms with van der Waals surface area (Å²) in [6, 6.07) is 14.4. The van der Waals surface area contributed by atoms with Crippen molar-refractivity contribution in [2.75, 3.05) is 52.7 Å². The predicted molar refractivity (Wildman–Crippen MR) is 272 cm³/mol. The number of nitrogens with one attached hydrogen (secondary N) is 1. The summed E-state index contributed by atoms with van der Waals surface area (Å²) >= 11 is 2.68. The van der Waals surface area contributed by atoms with Crippen molar-refractivity contribution in [3.05, 3.63) is 110 Å². The van der Waals surface area contributed by atoms with Gasteiger partial charge in [0.1, 0.15) is 65.7 Å². The molecule has 2 radical (unpaired) electrons. The van der Waals surface area contributed by atoms with Crippen molar-refractivity contribution in [3.63, 3.8) is 0 Å². The van der Waals surface area contributed by atoms with E-state index in [2.05, 4.69) is 15.5 Å². The van der Waals surface area contributed by atoms with Gasteiger partial charge in [-0.3, -0.25) is 19.3 Å². The summed E-state index contributed by atoms with van der Waals surface area (Å²) in [6.45, 7) is 12.1. The molecule has 74 heavy (non-hydrogen) atoms. The molecule has 1 N–H and O–H groups in total. The van der Waals surface area contributed by atoms with Crippen LogP contribution in [0.3, 0.4) is 0 Å². The summed E-state index contributed by atoms with van der Waals surface area (Å²) in [6.07, 6.45) is 2.74. The van der Waals surface area contributed by atoms with Crippen molar-refractivity contribution < 1.29 is 66.4 Å². The van der Waals surface area contributed by atoms with E-state index in [0.29, 0.717) is 68.8 Å². The third kappa shape index (κ3) is 11.6. The molecule has 390 valence electrons. The van der Waals surface area contributed by atoms with Gasteiger partial charge in [-0.15, -0.1) is 23.1 Å². The molecule has 3 fully saturated rings. The fourth-order valence-electron chi connectivity index (χ4n) is 9.29. The Labute approximate surface area is 438 Å². The maximum atomic E-state index is 14.5. The second-order valence-corrected chi connectivity index (χ2v) is 22.0. The van der Waals surface area contributed by atoms with Crippen molar-refractivity contribution in [1.29, 1.82) is 0 Å². The highest BCUT2D eigenvalue weighted by Gasteiger charge is 2.57. The minimum atomic E-state index is -1.60. The quantitative estimate of drug-likeness (QED) is 0.0212. The maximum Gasteiger partial charge on any atom is 0.374 e. The van der Waals surface area contributed by atoms with Crippen LogP contribution in [-0.2, 0) is 46.7 Å². The number of thiazole rings is 1. The topological polar surface area (TPSA) is 221 Å². The summed E-state index contributed by atoms with van der Waals surface area (Å²) in [5.74, 6) is -1.50. The average Bonchev–Trinajstić information content (AvgIpc) is 4.01. The number of nitrogens with zero attached hydrogens (tertiary/aromatic N) is 6. The summed E-state index contributed by atoms with van der Waals surface area (Å²) < 4.78 is 33.9. The Morgan fingerprint density at radius 2 is 1.65 bits per heavy atom. The maximum absolute atomic E-state index is 14.5. The van der Waals surface area contributed by atoms with Crippen molar-refractivity contribution in [3.8, 4) is 23.0 Å². The largest absolute Gasteiger partial charge is 0.618 e. The van der Waals surface area contributed by atoms with Gasteiger partial charge in [0, 0.05) is 29.5 Å². The molecule has 4 atom stereocenters. The number of β-lactam (4-membered cyclic amide) rings is 1. The highest BCUT2D eigenvalue weighted by molar-refractivity contribution is 8.00. The van der Waals surface area contributed by atoms with E-state index in [9.17, 15) is 29.2 Å². The molecule has 3 amide bonds. The number of carbonyl (C=O) groups excluding carboxylic acids is 5. The number of aryl methyl sites for hydroxylation is 1. The standard InChI is InChI=1S/C51H58BN7O13S2/c1-30-53-37(29-73-30)41(55-72-51(5,6)49(64)70-50(2,3)4)44(60)54-42-46(62)58-43(48(63)69-27-32-13-17-36(67-8)18-14-32)33(28-74-47(42)58)25-59-20-9-10-34(59)23-56(19-21-59)45(61)38-22-39(71-52)40(24-57(38)65)68-26-31-11-15-35(66-7)16-12-31/h11-18,22,24,29,34,42,47H,9-10,19-21,23,25-28H2,1-8H3/p+1/b55-41-/t34-,42+,47+,59?/m0/s1. The fraction of sp³-hybridized carbons (Fsp3) is 0.451. The first kappa shape index (κ1) is 53.4. The Balaban J connectivity index is 1.01. The lowest BCUT2D eigenvalue weighted by atomic mass is 10.0. The van der Waals surface area contributed by atoms with Crippen molar-refractivity contribution in [2.24, 2.45) is 5.16 Å². The van der Waals surface area contributed by atoms with Crippen LogP contribution in [0.4, 0.5) is 0 Å². The van der Waals surface area contributed by atoms with Crippen molar-refractivity contribution in [2.45, 2.75) is 96.3 Å². The number of rotatable bonds is 18. The second-order valence-electron chi connectivity index (χ2n) is 19.9. The number of benzene rings is 2. The Bertz CT molecular complexity index is 2850. The first-order valence-corrected chi connectivity index (χ1v) is 25.9. The Morgan fingerprint density at radius 3 is 2.27 bits per heavy atom. The zero-order valence-electron chi connectivity index (χ0n) is 42.5. The molecule has 4 aliphatic rings. The molecule has 3 saturated heterocycles.